The van der Waals surface area contributed by atoms with Gasteiger partial charge in [0.15, 0.2) is 12.4 Å². The molecule has 0 amide bonds. The molecule has 0 N–H and O–H groups in total. The van der Waals surface area contributed by atoms with E-state index in [1.807, 2.05) is 21.1 Å². The van der Waals surface area contributed by atoms with E-state index in [9.17, 15) is 19.5 Å². The molecule has 0 heterocycles. The third kappa shape index (κ3) is 42.3. The maximum Gasteiger partial charge on any atom is 0.306 e. The Hall–Kier alpha value is -3.79. The van der Waals surface area contributed by atoms with E-state index in [0.717, 1.165) is 96.3 Å². The minimum atomic E-state index is -1.64. The number of hydrogen-bond donors (Lipinski definition) is 0. The molecule has 9 nitrogen and oxygen atoms in total. The smallest absolute Gasteiger partial charge is 0.306 e. The predicted molar refractivity (Wildman–Crippen MR) is 246 cm³/mol. The number of allylic oxidation sites excluding steroid dienone is 16. The average molecular weight is 838 g/mol. The lowest BCUT2D eigenvalue weighted by Gasteiger charge is -2.26. The molecule has 0 saturated carbocycles. The van der Waals surface area contributed by atoms with Crippen LogP contribution in [0, 0.1) is 0 Å². The summed E-state index contributed by atoms with van der Waals surface area (Å²) in [4.78, 5) is 37.0. The molecule has 0 fully saturated rings. The molecule has 0 saturated heterocycles. The normalized spacial score (nSPS) is 13.8. The maximum absolute atomic E-state index is 12.8. The number of carboxylic acid groups (broad SMARTS) is 1. The third-order valence-electron chi connectivity index (χ3n) is 9.07. The molecule has 9 heteroatoms. The van der Waals surface area contributed by atoms with Crippen LogP contribution in [0.2, 0.25) is 0 Å². The number of likely N-dealkylation sites (N-methyl/N-ethyl adjacent to an activating group) is 1. The Morgan fingerprint density at radius 1 is 0.517 bits per heavy atom. The second-order valence-electron chi connectivity index (χ2n) is 16.0. The monoisotopic (exact) mass is 838 g/mol. The van der Waals surface area contributed by atoms with Gasteiger partial charge in [-0.1, -0.05) is 143 Å². The standard InChI is InChI=1S/C51H83NO8/c1-6-8-10-12-14-16-18-20-22-23-24-25-26-27-28-30-32-34-36-38-40-42-49(54)60-47(46-59-51(50(55)56)57-44-43-52(3,4)5)45-58-48(53)41-39-37-35-33-31-29-21-19-17-15-13-11-9-7-2/h8,10,13-16,19-22,24-25,27-28,32,34,47,51H,6-7,9,11-12,17-18,23,26,29-31,33,35-46H2,1-5H3/b10-8-,15-13-,16-14-,21-19-,22-20-,25-24-,28-27-,34-32-. The third-order valence-corrected chi connectivity index (χ3v) is 9.07. The van der Waals surface area contributed by atoms with E-state index in [2.05, 4.69) is 111 Å². The van der Waals surface area contributed by atoms with Gasteiger partial charge in [-0.3, -0.25) is 9.59 Å². The Balaban J connectivity index is 4.56. The van der Waals surface area contributed by atoms with Crippen molar-refractivity contribution in [1.82, 2.24) is 0 Å². The van der Waals surface area contributed by atoms with Gasteiger partial charge in [-0.05, 0) is 89.9 Å². The van der Waals surface area contributed by atoms with Crippen LogP contribution in [0.3, 0.4) is 0 Å². The van der Waals surface area contributed by atoms with Gasteiger partial charge in [-0.25, -0.2) is 0 Å². The first-order valence-electron chi connectivity index (χ1n) is 22.9. The van der Waals surface area contributed by atoms with E-state index < -0.39 is 30.3 Å². The summed E-state index contributed by atoms with van der Waals surface area (Å²) in [6.07, 6.45) is 51.5. The fraction of sp³-hybridized carbons (Fsp3) is 0.627. The van der Waals surface area contributed by atoms with Crippen molar-refractivity contribution >= 4 is 17.9 Å². The van der Waals surface area contributed by atoms with Crippen LogP contribution >= 0.6 is 0 Å². The molecule has 0 bridgehead atoms. The van der Waals surface area contributed by atoms with Crippen molar-refractivity contribution in [3.8, 4) is 0 Å². The summed E-state index contributed by atoms with van der Waals surface area (Å²) in [6.45, 7) is 4.48. The molecule has 0 spiro atoms. The SMILES string of the molecule is CC/C=C\C/C=C\C/C=C\C/C=C\C/C=C\C/C=C\CCCCC(=O)OC(COC(=O)CCCCCCC/C=C\C/C=C\CCCC)COC(OCC[N+](C)(C)C)C(=O)[O-]. The van der Waals surface area contributed by atoms with Gasteiger partial charge in [0.2, 0.25) is 0 Å². The van der Waals surface area contributed by atoms with Crippen LogP contribution in [0.25, 0.3) is 0 Å². The van der Waals surface area contributed by atoms with E-state index in [4.69, 9.17) is 18.9 Å². The van der Waals surface area contributed by atoms with Crippen molar-refractivity contribution in [2.45, 2.75) is 161 Å². The zero-order chi connectivity index (χ0) is 44.2. The van der Waals surface area contributed by atoms with Crippen molar-refractivity contribution in [3.05, 3.63) is 97.2 Å². The molecule has 0 aliphatic carbocycles. The molecular weight excluding hydrogens is 755 g/mol. The summed E-state index contributed by atoms with van der Waals surface area (Å²) >= 11 is 0. The van der Waals surface area contributed by atoms with Gasteiger partial charge < -0.3 is 33.3 Å². The zero-order valence-electron chi connectivity index (χ0n) is 38.3. The Bertz CT molecular complexity index is 1300. The lowest BCUT2D eigenvalue weighted by molar-refractivity contribution is -0.870. The van der Waals surface area contributed by atoms with Crippen LogP contribution in [-0.4, -0.2) is 82.3 Å². The van der Waals surface area contributed by atoms with Crippen molar-refractivity contribution in [1.29, 1.82) is 0 Å². The topological polar surface area (TPSA) is 111 Å². The van der Waals surface area contributed by atoms with Crippen molar-refractivity contribution < 1.29 is 42.9 Å². The molecule has 0 aromatic heterocycles. The molecule has 0 aromatic carbocycles. The van der Waals surface area contributed by atoms with E-state index in [-0.39, 0.29) is 32.7 Å². The number of unbranched alkanes of at least 4 members (excludes halogenated alkanes) is 9. The fourth-order valence-electron chi connectivity index (χ4n) is 5.49. The Kier molecular flexibility index (Phi) is 39.3. The number of hydrogen-bond acceptors (Lipinski definition) is 8. The second-order valence-corrected chi connectivity index (χ2v) is 16.0. The van der Waals surface area contributed by atoms with Crippen LogP contribution in [0.5, 0.6) is 0 Å². The Morgan fingerprint density at radius 2 is 0.950 bits per heavy atom. The number of carbonyl (C=O) groups is 3. The molecule has 0 aliphatic heterocycles. The van der Waals surface area contributed by atoms with Gasteiger partial charge >= 0.3 is 11.9 Å². The number of carbonyl (C=O) groups excluding carboxylic acids is 3. The minimum Gasteiger partial charge on any atom is -0.545 e. The van der Waals surface area contributed by atoms with Crippen molar-refractivity contribution in [3.63, 3.8) is 0 Å². The van der Waals surface area contributed by atoms with Crippen molar-refractivity contribution in [2.24, 2.45) is 0 Å². The number of carboxylic acids is 1. The summed E-state index contributed by atoms with van der Waals surface area (Å²) in [5.74, 6) is -2.38. The molecule has 0 aliphatic rings. The highest BCUT2D eigenvalue weighted by atomic mass is 16.7. The first kappa shape index (κ1) is 56.2. The highest BCUT2D eigenvalue weighted by Crippen LogP contribution is 2.11. The van der Waals surface area contributed by atoms with Gasteiger partial charge in [0.1, 0.15) is 13.2 Å². The zero-order valence-corrected chi connectivity index (χ0v) is 38.3. The largest absolute Gasteiger partial charge is 0.545 e. The Labute approximate surface area is 365 Å². The van der Waals surface area contributed by atoms with Crippen LogP contribution < -0.4 is 5.11 Å². The summed E-state index contributed by atoms with van der Waals surface area (Å²) in [5.41, 5.74) is 0. The molecule has 60 heavy (non-hydrogen) atoms. The highest BCUT2D eigenvalue weighted by molar-refractivity contribution is 5.70. The summed E-state index contributed by atoms with van der Waals surface area (Å²) < 4.78 is 22.5. The number of nitrogens with zero attached hydrogens (tertiary/aromatic N) is 1. The Morgan fingerprint density at radius 3 is 1.45 bits per heavy atom. The number of rotatable bonds is 40. The highest BCUT2D eigenvalue weighted by Gasteiger charge is 2.21. The first-order valence-corrected chi connectivity index (χ1v) is 22.9. The molecule has 2 atom stereocenters. The van der Waals surface area contributed by atoms with E-state index in [1.165, 1.54) is 12.8 Å². The van der Waals surface area contributed by atoms with E-state index in [0.29, 0.717) is 23.9 Å². The first-order chi connectivity index (χ1) is 29.1. The molecule has 0 rings (SSSR count). The summed E-state index contributed by atoms with van der Waals surface area (Å²) in [5, 5.41) is 11.7. The molecular formula is C51H83NO8. The van der Waals surface area contributed by atoms with Gasteiger partial charge in [-0.2, -0.15) is 0 Å². The van der Waals surface area contributed by atoms with E-state index in [1.54, 1.807) is 0 Å². The maximum atomic E-state index is 12.8. The molecule has 340 valence electrons. The quantitative estimate of drug-likeness (QED) is 0.0197. The van der Waals surface area contributed by atoms with Gasteiger partial charge in [0.05, 0.1) is 40.3 Å². The molecule has 2 unspecified atom stereocenters. The van der Waals surface area contributed by atoms with Gasteiger partial charge in [0, 0.05) is 12.8 Å². The van der Waals surface area contributed by atoms with Crippen LogP contribution in [0.1, 0.15) is 149 Å². The second kappa shape index (κ2) is 41.9. The number of aliphatic carboxylic acids is 1. The lowest BCUT2D eigenvalue weighted by atomic mass is 10.1. The van der Waals surface area contributed by atoms with Gasteiger partial charge in [0.25, 0.3) is 0 Å². The predicted octanol–water partition coefficient (Wildman–Crippen LogP) is 10.9. The van der Waals surface area contributed by atoms with Gasteiger partial charge in [-0.15, -0.1) is 0 Å². The van der Waals surface area contributed by atoms with Crippen molar-refractivity contribution in [2.75, 3.05) is 47.5 Å². The van der Waals surface area contributed by atoms with Crippen LogP contribution in [0.4, 0.5) is 0 Å². The van der Waals surface area contributed by atoms with E-state index >= 15 is 0 Å². The fourth-order valence-corrected chi connectivity index (χ4v) is 5.49. The molecule has 0 aromatic rings. The molecule has 0 radical (unpaired) electrons. The lowest BCUT2D eigenvalue weighted by Crippen LogP contribution is -2.44. The van der Waals surface area contributed by atoms with Crippen LogP contribution in [0.15, 0.2) is 97.2 Å². The number of esters is 2. The van der Waals surface area contributed by atoms with Crippen LogP contribution in [-0.2, 0) is 33.3 Å². The summed E-state index contributed by atoms with van der Waals surface area (Å²) in [6, 6.07) is 0. The minimum absolute atomic E-state index is 0.131. The number of quaternary nitrogens is 1. The number of ether oxygens (including phenoxy) is 4. The summed E-state index contributed by atoms with van der Waals surface area (Å²) in [7, 11) is 5.88. The average Bonchev–Trinajstić information content (AvgIpc) is 3.21.